The average molecular weight is 372 g/mol. The van der Waals surface area contributed by atoms with E-state index in [-0.39, 0.29) is 5.91 Å². The minimum atomic E-state index is -0.283. The van der Waals surface area contributed by atoms with Gasteiger partial charge < -0.3 is 10.6 Å². The zero-order valence-corrected chi connectivity index (χ0v) is 14.7. The molecule has 2 N–H and O–H groups in total. The second-order valence-electron chi connectivity index (χ2n) is 5.35. The average Bonchev–Trinajstić information content (AvgIpc) is 2.64. The minimum Gasteiger partial charge on any atom is -0.366 e. The van der Waals surface area contributed by atoms with Crippen LogP contribution in [0.5, 0.6) is 0 Å². The van der Waals surface area contributed by atoms with Gasteiger partial charge in [-0.3, -0.25) is 4.79 Å². The van der Waals surface area contributed by atoms with Gasteiger partial charge in [-0.05, 0) is 35.9 Å². The van der Waals surface area contributed by atoms with Crippen molar-refractivity contribution < 1.29 is 4.79 Å². The Morgan fingerprint density at radius 2 is 1.80 bits per heavy atom. The van der Waals surface area contributed by atoms with Gasteiger partial charge in [-0.2, -0.15) is 0 Å². The van der Waals surface area contributed by atoms with Crippen LogP contribution in [0, 0.1) is 0 Å². The molecule has 0 aliphatic rings. The number of hydrogen-bond acceptors (Lipinski definition) is 3. The molecule has 1 amide bonds. The molecule has 0 bridgehead atoms. The third kappa shape index (κ3) is 4.72. The lowest BCUT2D eigenvalue weighted by Gasteiger charge is -2.10. The summed E-state index contributed by atoms with van der Waals surface area (Å²) in [6.07, 6.45) is 1.59. The van der Waals surface area contributed by atoms with Crippen LogP contribution in [0.3, 0.4) is 0 Å². The van der Waals surface area contributed by atoms with E-state index in [4.69, 9.17) is 23.2 Å². The SMILES string of the molecule is O=C(Nc1cc(Cl)ccc1Cl)c1ccnc(NCc2ccccc2)c1. The van der Waals surface area contributed by atoms with Gasteiger partial charge in [-0.1, -0.05) is 53.5 Å². The van der Waals surface area contributed by atoms with E-state index in [1.54, 1.807) is 36.5 Å². The van der Waals surface area contributed by atoms with Gasteiger partial charge in [0.1, 0.15) is 5.82 Å². The van der Waals surface area contributed by atoms with E-state index >= 15 is 0 Å². The Morgan fingerprint density at radius 1 is 1.00 bits per heavy atom. The van der Waals surface area contributed by atoms with E-state index in [1.165, 1.54) is 0 Å². The molecule has 0 radical (unpaired) electrons. The molecule has 25 heavy (non-hydrogen) atoms. The van der Waals surface area contributed by atoms with E-state index in [9.17, 15) is 4.79 Å². The highest BCUT2D eigenvalue weighted by molar-refractivity contribution is 6.35. The number of amides is 1. The number of halogens is 2. The number of rotatable bonds is 5. The van der Waals surface area contributed by atoms with Gasteiger partial charge >= 0.3 is 0 Å². The van der Waals surface area contributed by atoms with Gasteiger partial charge in [0.15, 0.2) is 0 Å². The van der Waals surface area contributed by atoms with Crippen LogP contribution in [0.15, 0.2) is 66.9 Å². The second-order valence-corrected chi connectivity index (χ2v) is 6.19. The maximum absolute atomic E-state index is 12.4. The van der Waals surface area contributed by atoms with Crippen LogP contribution < -0.4 is 10.6 Å². The lowest BCUT2D eigenvalue weighted by atomic mass is 10.2. The van der Waals surface area contributed by atoms with Crippen LogP contribution in [0.4, 0.5) is 11.5 Å². The fraction of sp³-hybridized carbons (Fsp3) is 0.0526. The van der Waals surface area contributed by atoms with Crippen molar-refractivity contribution in [2.75, 3.05) is 10.6 Å². The lowest BCUT2D eigenvalue weighted by Crippen LogP contribution is -2.13. The van der Waals surface area contributed by atoms with E-state index in [0.29, 0.717) is 33.7 Å². The Bertz CT molecular complexity index is 885. The Hall–Kier alpha value is -2.56. The molecule has 6 heteroatoms. The second kappa shape index (κ2) is 8.01. The number of aromatic nitrogens is 1. The Balaban J connectivity index is 1.70. The molecule has 3 rings (SSSR count). The molecule has 0 atom stereocenters. The molecule has 0 aliphatic carbocycles. The summed E-state index contributed by atoms with van der Waals surface area (Å²) in [6.45, 7) is 0.624. The molecule has 1 heterocycles. The summed E-state index contributed by atoms with van der Waals surface area (Å²) in [5.74, 6) is 0.336. The van der Waals surface area contributed by atoms with Crippen molar-refractivity contribution in [3.8, 4) is 0 Å². The predicted molar refractivity (Wildman–Crippen MR) is 102 cm³/mol. The molecule has 1 aromatic heterocycles. The Morgan fingerprint density at radius 3 is 2.60 bits per heavy atom. The van der Waals surface area contributed by atoms with Crippen molar-refractivity contribution in [2.24, 2.45) is 0 Å². The number of benzene rings is 2. The van der Waals surface area contributed by atoms with Gasteiger partial charge in [0.25, 0.3) is 5.91 Å². The quantitative estimate of drug-likeness (QED) is 0.643. The van der Waals surface area contributed by atoms with Crippen molar-refractivity contribution >= 4 is 40.6 Å². The molecule has 3 aromatic rings. The van der Waals surface area contributed by atoms with E-state index in [2.05, 4.69) is 15.6 Å². The molecule has 0 saturated heterocycles. The molecule has 0 spiro atoms. The van der Waals surface area contributed by atoms with Crippen LogP contribution in [0.2, 0.25) is 10.0 Å². The summed E-state index contributed by atoms with van der Waals surface area (Å²) < 4.78 is 0. The van der Waals surface area contributed by atoms with Gasteiger partial charge in [-0.25, -0.2) is 4.98 Å². The van der Waals surface area contributed by atoms with Crippen molar-refractivity contribution in [1.29, 1.82) is 0 Å². The van der Waals surface area contributed by atoms with Crippen LogP contribution in [-0.2, 0) is 6.54 Å². The van der Waals surface area contributed by atoms with E-state index < -0.39 is 0 Å². The molecule has 0 unspecified atom stereocenters. The molecule has 0 aliphatic heterocycles. The van der Waals surface area contributed by atoms with Crippen LogP contribution >= 0.6 is 23.2 Å². The van der Waals surface area contributed by atoms with Gasteiger partial charge in [-0.15, -0.1) is 0 Å². The molecule has 0 saturated carbocycles. The van der Waals surface area contributed by atoms with Gasteiger partial charge in [0.2, 0.25) is 0 Å². The fourth-order valence-electron chi connectivity index (χ4n) is 2.24. The molecule has 4 nitrogen and oxygen atoms in total. The Labute approximate surface area is 155 Å². The minimum absolute atomic E-state index is 0.283. The van der Waals surface area contributed by atoms with Gasteiger partial charge in [0, 0.05) is 23.3 Å². The third-order valence-electron chi connectivity index (χ3n) is 3.52. The summed E-state index contributed by atoms with van der Waals surface area (Å²) in [7, 11) is 0. The Kier molecular flexibility index (Phi) is 5.53. The first-order valence-corrected chi connectivity index (χ1v) is 8.38. The molecular formula is C19H15Cl2N3O. The molecule has 0 fully saturated rings. The van der Waals surface area contributed by atoms with Crippen molar-refractivity contribution in [3.63, 3.8) is 0 Å². The molecule has 126 valence electrons. The van der Waals surface area contributed by atoms with Crippen molar-refractivity contribution in [2.45, 2.75) is 6.54 Å². The smallest absolute Gasteiger partial charge is 0.255 e. The fourth-order valence-corrected chi connectivity index (χ4v) is 2.58. The van der Waals surface area contributed by atoms with Crippen LogP contribution in [0.1, 0.15) is 15.9 Å². The number of nitrogens with one attached hydrogen (secondary N) is 2. The predicted octanol–water partition coefficient (Wildman–Crippen LogP) is 5.25. The molecule has 2 aromatic carbocycles. The highest BCUT2D eigenvalue weighted by Crippen LogP contribution is 2.26. The number of nitrogens with zero attached hydrogens (tertiary/aromatic N) is 1. The molecular weight excluding hydrogens is 357 g/mol. The number of carbonyl (C=O) groups is 1. The highest BCUT2D eigenvalue weighted by Gasteiger charge is 2.10. The van der Waals surface area contributed by atoms with E-state index in [1.807, 2.05) is 30.3 Å². The zero-order valence-electron chi connectivity index (χ0n) is 13.2. The topological polar surface area (TPSA) is 54.0 Å². The monoisotopic (exact) mass is 371 g/mol. The van der Waals surface area contributed by atoms with Crippen molar-refractivity contribution in [1.82, 2.24) is 4.98 Å². The number of carbonyl (C=O) groups excluding carboxylic acids is 1. The third-order valence-corrected chi connectivity index (χ3v) is 4.08. The normalized spacial score (nSPS) is 10.3. The standard InChI is InChI=1S/C19H15Cl2N3O/c20-15-6-7-16(21)17(11-15)24-19(25)14-8-9-22-18(10-14)23-12-13-4-2-1-3-5-13/h1-11H,12H2,(H,22,23)(H,24,25). The highest BCUT2D eigenvalue weighted by atomic mass is 35.5. The summed E-state index contributed by atoms with van der Waals surface area (Å²) >= 11 is 12.0. The van der Waals surface area contributed by atoms with Crippen LogP contribution in [-0.4, -0.2) is 10.9 Å². The van der Waals surface area contributed by atoms with E-state index in [0.717, 1.165) is 5.56 Å². The lowest BCUT2D eigenvalue weighted by molar-refractivity contribution is 0.102. The first-order valence-electron chi connectivity index (χ1n) is 7.62. The number of hydrogen-bond donors (Lipinski definition) is 2. The summed E-state index contributed by atoms with van der Waals surface area (Å²) in [5, 5.41) is 6.88. The zero-order chi connectivity index (χ0) is 17.6. The summed E-state index contributed by atoms with van der Waals surface area (Å²) in [5.41, 5.74) is 2.07. The largest absolute Gasteiger partial charge is 0.366 e. The summed E-state index contributed by atoms with van der Waals surface area (Å²) in [6, 6.07) is 18.2. The first-order chi connectivity index (χ1) is 12.1. The number of anilines is 2. The number of pyridine rings is 1. The van der Waals surface area contributed by atoms with Gasteiger partial charge in [0.05, 0.1) is 10.7 Å². The van der Waals surface area contributed by atoms with Crippen LogP contribution in [0.25, 0.3) is 0 Å². The summed E-state index contributed by atoms with van der Waals surface area (Å²) in [4.78, 5) is 16.7. The maximum atomic E-state index is 12.4. The first kappa shape index (κ1) is 17.3. The van der Waals surface area contributed by atoms with Crippen molar-refractivity contribution in [3.05, 3.63) is 88.0 Å². The maximum Gasteiger partial charge on any atom is 0.255 e.